The number of nitrogens with zero attached hydrogens (tertiary/aromatic N) is 1. The van der Waals surface area contributed by atoms with Crippen LogP contribution in [-0.2, 0) is 33.9 Å². The summed E-state index contributed by atoms with van der Waals surface area (Å²) >= 11 is 0. The average Bonchev–Trinajstić information content (AvgIpc) is 3.35. The van der Waals surface area contributed by atoms with E-state index in [0.717, 1.165) is 38.6 Å². The van der Waals surface area contributed by atoms with Gasteiger partial charge in [-0.15, -0.1) is 0 Å². The van der Waals surface area contributed by atoms with Gasteiger partial charge in [-0.05, 0) is 48.9 Å². The summed E-state index contributed by atoms with van der Waals surface area (Å²) in [5.74, 6) is -5.65. The van der Waals surface area contributed by atoms with E-state index in [2.05, 4.69) is 34.9 Å². The molecule has 3 N–H and O–H groups in total. The van der Waals surface area contributed by atoms with Crippen LogP contribution in [0, 0.1) is 0 Å². The number of amides is 2. The third kappa shape index (κ3) is 9.06. The number of carboxylic acid groups (broad SMARTS) is 1. The molecule has 0 unspecified atom stereocenters. The summed E-state index contributed by atoms with van der Waals surface area (Å²) in [5, 5.41) is 14.0. The Kier molecular flexibility index (Phi) is 10.5. The smallest absolute Gasteiger partial charge is 0.374 e. The summed E-state index contributed by atoms with van der Waals surface area (Å²) in [6.07, 6.45) is 8.17. The molecule has 2 heterocycles. The van der Waals surface area contributed by atoms with Crippen LogP contribution < -0.4 is 10.6 Å². The van der Waals surface area contributed by atoms with E-state index in [9.17, 15) is 23.2 Å². The predicted molar refractivity (Wildman–Crippen MR) is 140 cm³/mol. The van der Waals surface area contributed by atoms with Gasteiger partial charge in [-0.2, -0.15) is 8.78 Å². The van der Waals surface area contributed by atoms with E-state index < -0.39 is 11.9 Å². The number of carbonyl (C=O) groups is 3. The van der Waals surface area contributed by atoms with Crippen molar-refractivity contribution in [2.45, 2.75) is 70.1 Å². The fraction of sp³-hybridized carbons (Fsp3) is 0.414. The molecule has 1 saturated heterocycles. The quantitative estimate of drug-likeness (QED) is 0.450. The second-order valence-electron chi connectivity index (χ2n) is 9.66. The van der Waals surface area contributed by atoms with E-state index in [0.29, 0.717) is 20.0 Å². The Hall–Kier alpha value is -3.59. The zero-order valence-electron chi connectivity index (χ0n) is 21.5. The maximum absolute atomic E-state index is 12.8. The van der Waals surface area contributed by atoms with E-state index in [1.165, 1.54) is 16.7 Å². The fourth-order valence-electron chi connectivity index (χ4n) is 4.34. The zero-order chi connectivity index (χ0) is 27.5. The minimum Gasteiger partial charge on any atom is -0.477 e. The lowest BCUT2D eigenvalue weighted by molar-refractivity contribution is -0.161. The summed E-state index contributed by atoms with van der Waals surface area (Å²) in [7, 11) is 0. The summed E-state index contributed by atoms with van der Waals surface area (Å²) in [4.78, 5) is 36.7. The fourth-order valence-corrected chi connectivity index (χ4v) is 4.34. The van der Waals surface area contributed by atoms with Crippen LogP contribution in [0.3, 0.4) is 0 Å². The lowest BCUT2D eigenvalue weighted by Crippen LogP contribution is -2.49. The maximum Gasteiger partial charge on any atom is 0.374 e. The number of aliphatic carboxylic acids is 1. The summed E-state index contributed by atoms with van der Waals surface area (Å²) in [6, 6.07) is 18.1. The second kappa shape index (κ2) is 13.8. The maximum atomic E-state index is 12.8. The highest BCUT2D eigenvalue weighted by Gasteiger charge is 2.31. The molecule has 0 aliphatic carbocycles. The molecule has 7 nitrogen and oxygen atoms in total. The molecule has 38 heavy (non-hydrogen) atoms. The normalized spacial score (nSPS) is 17.8. The number of hydrogen-bond acceptors (Lipinski definition) is 4. The second-order valence-corrected chi connectivity index (χ2v) is 9.66. The van der Waals surface area contributed by atoms with Gasteiger partial charge in [0.2, 0.25) is 11.8 Å². The van der Waals surface area contributed by atoms with Crippen molar-refractivity contribution in [1.82, 2.24) is 15.5 Å². The van der Waals surface area contributed by atoms with Crippen LogP contribution in [0.2, 0.25) is 0 Å². The average molecular weight is 528 g/mol. The van der Waals surface area contributed by atoms with E-state index in [-0.39, 0.29) is 23.9 Å². The standard InChI is InChI=1S/C26H31N3O2.C3H4F2O2/c30-25(29-18-21-10-4-5-11-22(21)19-29)16-15-23(14-13-20-8-2-1-3-9-20)28-26(31)24-12-6-7-17-27-24;1-3(4,5)2(6)7/h1-5,8-11,15-16,23-24,27H,6-7,12-14,17-19H2,(H,28,31);1H3,(H,6,7)/b16-15+;/t23-,24-;/m0./s1. The summed E-state index contributed by atoms with van der Waals surface area (Å²) in [5.41, 5.74) is 3.65. The van der Waals surface area contributed by atoms with E-state index in [1.807, 2.05) is 41.3 Å². The molecule has 9 heteroatoms. The largest absolute Gasteiger partial charge is 0.477 e. The van der Waals surface area contributed by atoms with Gasteiger partial charge in [-0.25, -0.2) is 4.79 Å². The molecule has 2 aromatic carbocycles. The molecule has 1 fully saturated rings. The molecule has 0 aromatic heterocycles. The number of benzene rings is 2. The van der Waals surface area contributed by atoms with Crippen molar-refractivity contribution >= 4 is 17.8 Å². The van der Waals surface area contributed by atoms with Gasteiger partial charge in [0.25, 0.3) is 0 Å². The van der Waals surface area contributed by atoms with Crippen LogP contribution in [0.15, 0.2) is 66.7 Å². The number of rotatable bonds is 8. The van der Waals surface area contributed by atoms with Crippen molar-refractivity contribution in [3.8, 4) is 0 Å². The van der Waals surface area contributed by atoms with Crippen molar-refractivity contribution in [3.63, 3.8) is 0 Å². The Balaban J connectivity index is 0.000000505. The first kappa shape index (κ1) is 29.0. The van der Waals surface area contributed by atoms with Crippen molar-refractivity contribution < 1.29 is 28.3 Å². The number of carbonyl (C=O) groups excluding carboxylic acids is 2. The number of piperidine rings is 1. The third-order valence-corrected chi connectivity index (χ3v) is 6.54. The van der Waals surface area contributed by atoms with Gasteiger partial charge < -0.3 is 20.6 Å². The van der Waals surface area contributed by atoms with Gasteiger partial charge in [-0.1, -0.05) is 67.1 Å². The Morgan fingerprint density at radius 2 is 1.68 bits per heavy atom. The summed E-state index contributed by atoms with van der Waals surface area (Å²) < 4.78 is 22.5. The molecule has 2 aliphatic heterocycles. The van der Waals surface area contributed by atoms with Crippen molar-refractivity contribution in [3.05, 3.63) is 83.4 Å². The molecule has 2 aromatic rings. The van der Waals surface area contributed by atoms with Crippen molar-refractivity contribution in [1.29, 1.82) is 0 Å². The van der Waals surface area contributed by atoms with Gasteiger partial charge in [0.1, 0.15) is 0 Å². The number of carboxylic acids is 1. The van der Waals surface area contributed by atoms with E-state index in [1.54, 1.807) is 6.08 Å². The molecular formula is C29H35F2N3O4. The van der Waals surface area contributed by atoms with E-state index in [4.69, 9.17) is 5.11 Å². The van der Waals surface area contributed by atoms with Crippen molar-refractivity contribution in [2.24, 2.45) is 0 Å². The van der Waals surface area contributed by atoms with Crippen LogP contribution >= 0.6 is 0 Å². The molecule has 2 amide bonds. The Morgan fingerprint density at radius 1 is 1.08 bits per heavy atom. The highest BCUT2D eigenvalue weighted by Crippen LogP contribution is 2.22. The molecule has 0 bridgehead atoms. The minimum absolute atomic E-state index is 0.00838. The molecule has 2 atom stereocenters. The molecule has 2 aliphatic rings. The SMILES string of the molecule is CC(F)(F)C(=O)O.O=C(N[C@H](/C=C/C(=O)N1Cc2ccccc2C1)CCc1ccccc1)[C@@H]1CCCCN1. The molecule has 0 spiro atoms. The van der Waals surface area contributed by atoms with Crippen LogP contribution in [0.1, 0.15) is 49.3 Å². The molecule has 0 saturated carbocycles. The predicted octanol–water partition coefficient (Wildman–Crippen LogP) is 4.07. The van der Waals surface area contributed by atoms with Gasteiger partial charge in [0, 0.05) is 32.1 Å². The lowest BCUT2D eigenvalue weighted by Gasteiger charge is -2.25. The highest BCUT2D eigenvalue weighted by atomic mass is 19.3. The van der Waals surface area contributed by atoms with Crippen LogP contribution in [0.4, 0.5) is 8.78 Å². The van der Waals surface area contributed by atoms with Gasteiger partial charge in [0.15, 0.2) is 0 Å². The van der Waals surface area contributed by atoms with Crippen LogP contribution in [0.25, 0.3) is 0 Å². The monoisotopic (exact) mass is 527 g/mol. The number of hydrogen-bond donors (Lipinski definition) is 3. The number of aryl methyl sites for hydroxylation is 1. The first-order valence-electron chi connectivity index (χ1n) is 12.9. The van der Waals surface area contributed by atoms with Crippen LogP contribution in [-0.4, -0.2) is 52.3 Å². The first-order chi connectivity index (χ1) is 18.1. The third-order valence-electron chi connectivity index (χ3n) is 6.54. The number of nitrogens with one attached hydrogen (secondary N) is 2. The molecule has 204 valence electrons. The number of fused-ring (bicyclic) bond motifs is 1. The molecule has 4 rings (SSSR count). The number of halogens is 2. The van der Waals surface area contributed by atoms with Crippen molar-refractivity contribution in [2.75, 3.05) is 6.54 Å². The Morgan fingerprint density at radius 3 is 2.24 bits per heavy atom. The van der Waals surface area contributed by atoms with Crippen LogP contribution in [0.5, 0.6) is 0 Å². The molecule has 0 radical (unpaired) electrons. The lowest BCUT2D eigenvalue weighted by atomic mass is 10.0. The van der Waals surface area contributed by atoms with E-state index >= 15 is 0 Å². The zero-order valence-corrected chi connectivity index (χ0v) is 21.5. The minimum atomic E-state index is -3.58. The molecular weight excluding hydrogens is 492 g/mol. The summed E-state index contributed by atoms with van der Waals surface area (Å²) in [6.45, 7) is 2.50. The number of alkyl halides is 2. The topological polar surface area (TPSA) is 98.7 Å². The first-order valence-corrected chi connectivity index (χ1v) is 12.9. The highest BCUT2D eigenvalue weighted by molar-refractivity contribution is 5.88. The Bertz CT molecular complexity index is 1090. The van der Waals surface area contributed by atoms with Gasteiger partial charge in [0.05, 0.1) is 6.04 Å². The van der Waals surface area contributed by atoms with Gasteiger partial charge >= 0.3 is 11.9 Å². The van der Waals surface area contributed by atoms with Gasteiger partial charge in [-0.3, -0.25) is 9.59 Å². The Labute approximate surface area is 221 Å².